The molecule has 27 heavy (non-hydrogen) atoms. The summed E-state index contributed by atoms with van der Waals surface area (Å²) >= 11 is 1.33. The molecular weight excluding hydrogens is 367 g/mol. The van der Waals surface area contributed by atoms with E-state index in [2.05, 4.69) is 22.3 Å². The number of thiazole rings is 1. The van der Waals surface area contributed by atoms with E-state index in [0.29, 0.717) is 10.6 Å². The number of nitrogens with zero attached hydrogens (tertiary/aromatic N) is 3. The predicted molar refractivity (Wildman–Crippen MR) is 104 cm³/mol. The molecule has 0 atom stereocenters. The van der Waals surface area contributed by atoms with Crippen LogP contribution < -0.4 is 10.7 Å². The van der Waals surface area contributed by atoms with Crippen molar-refractivity contribution in [3.8, 4) is 0 Å². The summed E-state index contributed by atoms with van der Waals surface area (Å²) < 4.78 is 15.9. The normalized spacial score (nSPS) is 11.2. The number of benzene rings is 2. The average molecular weight is 382 g/mol. The zero-order valence-corrected chi connectivity index (χ0v) is 15.4. The first-order valence-corrected chi connectivity index (χ1v) is 9.15. The van der Waals surface area contributed by atoms with Crippen LogP contribution in [0, 0.1) is 5.82 Å². The summed E-state index contributed by atoms with van der Waals surface area (Å²) in [6.07, 6.45) is 0.906. The zero-order chi connectivity index (χ0) is 19.1. The predicted octanol–water partition coefficient (Wildman–Crippen LogP) is 3.50. The van der Waals surface area contributed by atoms with Gasteiger partial charge in [0.15, 0.2) is 10.8 Å². The van der Waals surface area contributed by atoms with E-state index in [9.17, 15) is 14.0 Å². The first-order valence-electron chi connectivity index (χ1n) is 8.33. The van der Waals surface area contributed by atoms with Crippen molar-refractivity contribution in [1.82, 2.24) is 14.8 Å². The number of carbonyl (C=O) groups excluding carboxylic acids is 1. The van der Waals surface area contributed by atoms with Crippen LogP contribution in [0.5, 0.6) is 0 Å². The third-order valence-electron chi connectivity index (χ3n) is 4.31. The average Bonchev–Trinajstić information content (AvgIpc) is 3.05. The fourth-order valence-electron chi connectivity index (χ4n) is 2.90. The van der Waals surface area contributed by atoms with Crippen molar-refractivity contribution in [2.24, 2.45) is 7.05 Å². The van der Waals surface area contributed by atoms with Gasteiger partial charge in [0.2, 0.25) is 5.43 Å². The molecule has 0 saturated carbocycles. The van der Waals surface area contributed by atoms with Crippen LogP contribution >= 0.6 is 11.3 Å². The molecule has 4 aromatic rings. The molecule has 2 heterocycles. The van der Waals surface area contributed by atoms with E-state index < -0.39 is 17.2 Å². The minimum Gasteiger partial charge on any atom is -0.296 e. The van der Waals surface area contributed by atoms with Crippen molar-refractivity contribution in [2.75, 3.05) is 5.32 Å². The molecule has 0 fully saturated rings. The lowest BCUT2D eigenvalue weighted by Crippen LogP contribution is -2.26. The zero-order valence-electron chi connectivity index (χ0n) is 14.6. The molecule has 2 aromatic carbocycles. The highest BCUT2D eigenvalue weighted by molar-refractivity contribution is 7.22. The van der Waals surface area contributed by atoms with E-state index in [4.69, 9.17) is 0 Å². The van der Waals surface area contributed by atoms with Crippen molar-refractivity contribution in [1.29, 1.82) is 0 Å². The molecule has 6 nitrogen and oxygen atoms in total. The molecule has 0 saturated heterocycles. The van der Waals surface area contributed by atoms with Crippen LogP contribution in [0.1, 0.15) is 23.0 Å². The van der Waals surface area contributed by atoms with Gasteiger partial charge in [0.05, 0.1) is 21.1 Å². The third-order valence-corrected chi connectivity index (χ3v) is 5.25. The Morgan fingerprint density at radius 1 is 1.26 bits per heavy atom. The number of aromatic nitrogens is 3. The second-order valence-electron chi connectivity index (χ2n) is 6.09. The molecule has 1 amide bonds. The Labute approximate surface area is 157 Å². The van der Waals surface area contributed by atoms with Crippen LogP contribution in [-0.4, -0.2) is 20.7 Å². The van der Waals surface area contributed by atoms with E-state index in [1.54, 1.807) is 7.05 Å². The highest BCUT2D eigenvalue weighted by atomic mass is 32.1. The summed E-state index contributed by atoms with van der Waals surface area (Å²) in [5, 5.41) is 7.17. The lowest BCUT2D eigenvalue weighted by molar-refractivity contribution is 0.101. The van der Waals surface area contributed by atoms with Gasteiger partial charge < -0.3 is 0 Å². The Kier molecular flexibility index (Phi) is 4.19. The number of hydrogen-bond acceptors (Lipinski definition) is 5. The number of carbonyl (C=O) groups is 1. The standard InChI is InChI=1S/C19H15FN4O2S/c1-3-10-4-6-13-15(8-10)27-19(21-13)22-18(26)16-17(25)12-9-11(20)5-7-14(12)24(2)23-16/h4-9H,3H2,1-2H3,(H,21,22,26). The molecule has 0 radical (unpaired) electrons. The second kappa shape index (κ2) is 6.55. The Bertz CT molecular complexity index is 1260. The summed E-state index contributed by atoms with van der Waals surface area (Å²) in [6.45, 7) is 2.06. The quantitative estimate of drug-likeness (QED) is 0.588. The minimum absolute atomic E-state index is 0.106. The molecule has 2 aromatic heterocycles. The summed E-state index contributed by atoms with van der Waals surface area (Å²) in [6, 6.07) is 9.73. The van der Waals surface area contributed by atoms with Gasteiger partial charge in [-0.2, -0.15) is 5.10 Å². The van der Waals surface area contributed by atoms with Crippen LogP contribution in [-0.2, 0) is 13.5 Å². The molecule has 0 unspecified atom stereocenters. The molecule has 0 aliphatic heterocycles. The van der Waals surface area contributed by atoms with Crippen molar-refractivity contribution >= 4 is 43.5 Å². The van der Waals surface area contributed by atoms with Crippen LogP contribution in [0.3, 0.4) is 0 Å². The fraction of sp³-hybridized carbons (Fsp3) is 0.158. The molecular formula is C19H15FN4O2S. The van der Waals surface area contributed by atoms with Crippen molar-refractivity contribution < 1.29 is 9.18 Å². The van der Waals surface area contributed by atoms with Crippen LogP contribution in [0.4, 0.5) is 9.52 Å². The lowest BCUT2D eigenvalue weighted by atomic mass is 10.2. The van der Waals surface area contributed by atoms with Crippen LogP contribution in [0.25, 0.3) is 21.1 Å². The van der Waals surface area contributed by atoms with Crippen molar-refractivity contribution in [3.63, 3.8) is 0 Å². The Hall–Kier alpha value is -3.13. The van der Waals surface area contributed by atoms with Gasteiger partial charge >= 0.3 is 0 Å². The molecule has 136 valence electrons. The minimum atomic E-state index is -0.670. The van der Waals surface area contributed by atoms with Crippen molar-refractivity contribution in [2.45, 2.75) is 13.3 Å². The van der Waals surface area contributed by atoms with Gasteiger partial charge in [-0.05, 0) is 42.3 Å². The Morgan fingerprint density at radius 2 is 2.07 bits per heavy atom. The largest absolute Gasteiger partial charge is 0.296 e. The van der Waals surface area contributed by atoms with Gasteiger partial charge in [-0.25, -0.2) is 9.37 Å². The number of nitrogens with one attached hydrogen (secondary N) is 1. The number of fused-ring (bicyclic) bond motifs is 2. The molecule has 8 heteroatoms. The molecule has 4 rings (SSSR count). The molecule has 0 aliphatic carbocycles. The van der Waals surface area contributed by atoms with E-state index in [0.717, 1.165) is 22.7 Å². The van der Waals surface area contributed by atoms with E-state index in [1.165, 1.54) is 33.7 Å². The summed E-state index contributed by atoms with van der Waals surface area (Å²) in [5.74, 6) is -1.22. The number of amides is 1. The van der Waals surface area contributed by atoms with Gasteiger partial charge in [0.25, 0.3) is 5.91 Å². The second-order valence-corrected chi connectivity index (χ2v) is 7.12. The summed E-state index contributed by atoms with van der Waals surface area (Å²) in [7, 11) is 1.60. The smallest absolute Gasteiger partial charge is 0.281 e. The number of halogens is 1. The maximum absolute atomic E-state index is 13.5. The molecule has 0 aliphatic rings. The molecule has 0 spiro atoms. The maximum Gasteiger partial charge on any atom is 0.281 e. The van der Waals surface area contributed by atoms with E-state index in [-0.39, 0.29) is 11.1 Å². The SMILES string of the molecule is CCc1ccc2nc(NC(=O)c3nn(C)c4ccc(F)cc4c3=O)sc2c1. The monoisotopic (exact) mass is 382 g/mol. The van der Waals surface area contributed by atoms with Crippen LogP contribution in [0.15, 0.2) is 41.2 Å². The summed E-state index contributed by atoms with van der Waals surface area (Å²) in [4.78, 5) is 29.6. The Balaban J connectivity index is 1.73. The van der Waals surface area contributed by atoms with Gasteiger partial charge in [-0.15, -0.1) is 0 Å². The van der Waals surface area contributed by atoms with E-state index in [1.807, 2.05) is 18.2 Å². The first-order chi connectivity index (χ1) is 13.0. The van der Waals surface area contributed by atoms with Crippen LogP contribution in [0.2, 0.25) is 0 Å². The number of anilines is 1. The number of aryl methyl sites for hydroxylation is 2. The summed E-state index contributed by atoms with van der Waals surface area (Å²) in [5.41, 5.74) is 1.48. The molecule has 0 bridgehead atoms. The highest BCUT2D eigenvalue weighted by Gasteiger charge is 2.18. The highest BCUT2D eigenvalue weighted by Crippen LogP contribution is 2.27. The van der Waals surface area contributed by atoms with E-state index >= 15 is 0 Å². The number of hydrogen-bond donors (Lipinski definition) is 1. The van der Waals surface area contributed by atoms with Gasteiger partial charge in [-0.3, -0.25) is 19.6 Å². The fourth-order valence-corrected chi connectivity index (χ4v) is 3.82. The van der Waals surface area contributed by atoms with Gasteiger partial charge in [-0.1, -0.05) is 24.3 Å². The van der Waals surface area contributed by atoms with Gasteiger partial charge in [0, 0.05) is 7.05 Å². The third kappa shape index (κ3) is 3.08. The van der Waals surface area contributed by atoms with Crippen molar-refractivity contribution in [3.05, 3.63) is 63.7 Å². The molecule has 1 N–H and O–H groups in total. The maximum atomic E-state index is 13.5. The lowest BCUT2D eigenvalue weighted by Gasteiger charge is -2.07. The van der Waals surface area contributed by atoms with Gasteiger partial charge in [0.1, 0.15) is 5.82 Å². The Morgan fingerprint density at radius 3 is 2.85 bits per heavy atom. The topological polar surface area (TPSA) is 76.9 Å². The number of rotatable bonds is 3. The first kappa shape index (κ1) is 17.3.